The lowest BCUT2D eigenvalue weighted by atomic mass is 9.86. The molecule has 0 N–H and O–H groups in total. The van der Waals surface area contributed by atoms with Gasteiger partial charge in [-0.25, -0.2) is 0 Å². The quantitative estimate of drug-likeness (QED) is 0.616. The maximum Gasteiger partial charge on any atom is 0.306 e. The number of hydrogen-bond donors (Lipinski definition) is 0. The minimum atomic E-state index is -0.305. The first-order valence-electron chi connectivity index (χ1n) is 9.07. The van der Waals surface area contributed by atoms with Gasteiger partial charge in [0.2, 0.25) is 0 Å². The molecular formula is C19H34O4. The highest BCUT2D eigenvalue weighted by atomic mass is 16.5. The topological polar surface area (TPSA) is 52.6 Å². The monoisotopic (exact) mass is 326 g/mol. The second-order valence-electron chi connectivity index (χ2n) is 8.24. The molecule has 0 amide bonds. The summed E-state index contributed by atoms with van der Waals surface area (Å²) in [6.45, 7) is 9.54. The lowest BCUT2D eigenvalue weighted by Crippen LogP contribution is -2.19. The Morgan fingerprint density at radius 3 is 2.13 bits per heavy atom. The van der Waals surface area contributed by atoms with Gasteiger partial charge in [0, 0.05) is 0 Å². The van der Waals surface area contributed by atoms with Gasteiger partial charge >= 0.3 is 11.9 Å². The Morgan fingerprint density at radius 2 is 1.57 bits per heavy atom. The van der Waals surface area contributed by atoms with Crippen LogP contribution in [0.3, 0.4) is 0 Å². The van der Waals surface area contributed by atoms with E-state index in [0.29, 0.717) is 25.0 Å². The highest BCUT2D eigenvalue weighted by molar-refractivity contribution is 5.77. The fourth-order valence-corrected chi connectivity index (χ4v) is 3.25. The van der Waals surface area contributed by atoms with Crippen molar-refractivity contribution in [3.05, 3.63) is 0 Å². The van der Waals surface area contributed by atoms with Crippen molar-refractivity contribution in [1.29, 1.82) is 0 Å². The highest BCUT2D eigenvalue weighted by Crippen LogP contribution is 2.25. The van der Waals surface area contributed by atoms with Crippen molar-refractivity contribution in [3.8, 4) is 0 Å². The fourth-order valence-electron chi connectivity index (χ4n) is 3.25. The van der Waals surface area contributed by atoms with E-state index in [1.54, 1.807) is 0 Å². The molecule has 4 nitrogen and oxygen atoms in total. The third kappa shape index (κ3) is 10.4. The van der Waals surface area contributed by atoms with Crippen molar-refractivity contribution in [2.75, 3.05) is 13.2 Å². The summed E-state index contributed by atoms with van der Waals surface area (Å²) in [5, 5.41) is 0. The van der Waals surface area contributed by atoms with E-state index in [4.69, 9.17) is 9.47 Å². The van der Waals surface area contributed by atoms with Gasteiger partial charge in [0.05, 0.1) is 26.1 Å². The average molecular weight is 326 g/mol. The summed E-state index contributed by atoms with van der Waals surface area (Å²) < 4.78 is 10.5. The Balaban J connectivity index is 2.09. The van der Waals surface area contributed by atoms with Gasteiger partial charge < -0.3 is 9.47 Å². The van der Waals surface area contributed by atoms with Gasteiger partial charge in [0.25, 0.3) is 0 Å². The van der Waals surface area contributed by atoms with Crippen molar-refractivity contribution in [1.82, 2.24) is 0 Å². The first-order chi connectivity index (χ1) is 10.8. The molecule has 0 saturated heterocycles. The van der Waals surface area contributed by atoms with Crippen LogP contribution in [-0.2, 0) is 19.1 Å². The number of esters is 2. The van der Waals surface area contributed by atoms with Crippen LogP contribution >= 0.6 is 0 Å². The maximum absolute atomic E-state index is 11.7. The Labute approximate surface area is 141 Å². The van der Waals surface area contributed by atoms with Crippen LogP contribution < -0.4 is 0 Å². The summed E-state index contributed by atoms with van der Waals surface area (Å²) in [6.07, 6.45) is 7.32. The zero-order valence-corrected chi connectivity index (χ0v) is 15.4. The van der Waals surface area contributed by atoms with Crippen LogP contribution in [0.4, 0.5) is 0 Å². The van der Waals surface area contributed by atoms with Crippen molar-refractivity contribution < 1.29 is 19.1 Å². The summed E-state index contributed by atoms with van der Waals surface area (Å²) >= 11 is 0. The summed E-state index contributed by atoms with van der Waals surface area (Å²) in [7, 11) is 0. The van der Waals surface area contributed by atoms with Gasteiger partial charge in [-0.05, 0) is 36.5 Å². The van der Waals surface area contributed by atoms with Gasteiger partial charge in [-0.15, -0.1) is 0 Å². The summed E-state index contributed by atoms with van der Waals surface area (Å²) in [5.41, 5.74) is 0.231. The molecule has 0 radical (unpaired) electrons. The average Bonchev–Trinajstić information content (AvgIpc) is 2.48. The van der Waals surface area contributed by atoms with E-state index < -0.39 is 0 Å². The van der Waals surface area contributed by atoms with Gasteiger partial charge in [-0.1, -0.05) is 47.0 Å². The molecule has 0 bridgehead atoms. The van der Waals surface area contributed by atoms with Crippen LogP contribution in [0.25, 0.3) is 0 Å². The zero-order valence-electron chi connectivity index (χ0n) is 15.4. The minimum Gasteiger partial charge on any atom is -0.465 e. The summed E-state index contributed by atoms with van der Waals surface area (Å²) in [4.78, 5) is 23.4. The molecule has 23 heavy (non-hydrogen) atoms. The van der Waals surface area contributed by atoms with E-state index in [1.165, 1.54) is 19.3 Å². The lowest BCUT2D eigenvalue weighted by Gasteiger charge is -2.23. The van der Waals surface area contributed by atoms with Crippen molar-refractivity contribution in [2.45, 2.75) is 79.1 Å². The molecule has 0 heterocycles. The first-order valence-corrected chi connectivity index (χ1v) is 9.07. The van der Waals surface area contributed by atoms with Crippen molar-refractivity contribution in [2.24, 2.45) is 17.3 Å². The van der Waals surface area contributed by atoms with E-state index >= 15 is 0 Å². The second-order valence-corrected chi connectivity index (χ2v) is 8.24. The third-order valence-electron chi connectivity index (χ3n) is 4.23. The SMILES string of the molecule is CC(COC(=O)CCC(=O)OCC1CCCCC1)CC(C)(C)C. The number of rotatable bonds is 8. The van der Waals surface area contributed by atoms with E-state index in [0.717, 1.165) is 19.3 Å². The largest absolute Gasteiger partial charge is 0.465 e. The van der Waals surface area contributed by atoms with Crippen LogP contribution in [0.2, 0.25) is 0 Å². The van der Waals surface area contributed by atoms with Gasteiger partial charge in [0.1, 0.15) is 0 Å². The molecule has 1 atom stereocenters. The fraction of sp³-hybridized carbons (Fsp3) is 0.895. The molecule has 0 aromatic carbocycles. The van der Waals surface area contributed by atoms with Crippen LogP contribution in [0, 0.1) is 17.3 Å². The molecule has 1 aliphatic rings. The normalized spacial score (nSPS) is 17.6. The number of hydrogen-bond acceptors (Lipinski definition) is 4. The molecule has 1 aliphatic carbocycles. The standard InChI is InChI=1S/C19H34O4/c1-15(12-19(2,3)4)13-22-17(20)10-11-18(21)23-14-16-8-6-5-7-9-16/h15-16H,5-14H2,1-4H3. The molecule has 0 aromatic rings. The van der Waals surface area contributed by atoms with Gasteiger partial charge in [-0.3, -0.25) is 9.59 Å². The predicted octanol–water partition coefficient (Wildman–Crippen LogP) is 4.51. The molecule has 134 valence electrons. The maximum atomic E-state index is 11.7. The van der Waals surface area contributed by atoms with Crippen LogP contribution in [0.5, 0.6) is 0 Å². The van der Waals surface area contributed by atoms with Gasteiger partial charge in [0.15, 0.2) is 0 Å². The Kier molecular flexibility index (Phi) is 8.64. The summed E-state index contributed by atoms with van der Waals surface area (Å²) in [6, 6.07) is 0. The molecule has 4 heteroatoms. The van der Waals surface area contributed by atoms with E-state index in [2.05, 4.69) is 27.7 Å². The van der Waals surface area contributed by atoms with Crippen LogP contribution in [0.1, 0.15) is 79.1 Å². The smallest absolute Gasteiger partial charge is 0.306 e. The van der Waals surface area contributed by atoms with E-state index in [-0.39, 0.29) is 30.2 Å². The number of carbonyl (C=O) groups is 2. The van der Waals surface area contributed by atoms with Gasteiger partial charge in [-0.2, -0.15) is 0 Å². The van der Waals surface area contributed by atoms with E-state index in [9.17, 15) is 9.59 Å². The second kappa shape index (κ2) is 9.94. The van der Waals surface area contributed by atoms with E-state index in [1.807, 2.05) is 0 Å². The highest BCUT2D eigenvalue weighted by Gasteiger charge is 2.18. The van der Waals surface area contributed by atoms with Crippen LogP contribution in [0.15, 0.2) is 0 Å². The zero-order chi connectivity index (χ0) is 17.3. The third-order valence-corrected chi connectivity index (χ3v) is 4.23. The van der Waals surface area contributed by atoms with Crippen molar-refractivity contribution in [3.63, 3.8) is 0 Å². The lowest BCUT2D eigenvalue weighted by molar-refractivity contribution is -0.152. The first kappa shape index (κ1) is 20.0. The molecule has 1 saturated carbocycles. The van der Waals surface area contributed by atoms with Crippen molar-refractivity contribution >= 4 is 11.9 Å². The molecule has 1 rings (SSSR count). The summed E-state index contributed by atoms with van der Waals surface area (Å²) in [5.74, 6) is 0.255. The number of ether oxygens (including phenoxy) is 2. The Bertz CT molecular complexity index is 364. The Morgan fingerprint density at radius 1 is 1.00 bits per heavy atom. The number of carbonyl (C=O) groups excluding carboxylic acids is 2. The Hall–Kier alpha value is -1.06. The molecule has 0 aromatic heterocycles. The molecular weight excluding hydrogens is 292 g/mol. The van der Waals surface area contributed by atoms with Crippen LogP contribution in [-0.4, -0.2) is 25.2 Å². The molecule has 0 spiro atoms. The minimum absolute atomic E-state index is 0.117. The predicted molar refractivity (Wildman–Crippen MR) is 91.0 cm³/mol. The molecule has 1 unspecified atom stereocenters. The molecule has 1 fully saturated rings. The molecule has 0 aliphatic heterocycles.